The molecule has 3 nitrogen and oxygen atoms in total. The summed E-state index contributed by atoms with van der Waals surface area (Å²) in [5.41, 5.74) is 1.18. The maximum atomic E-state index is 13.5. The average Bonchev–Trinajstić information content (AvgIpc) is 2.84. The average molecular weight is 327 g/mol. The number of carbonyl (C=O) groups excluding carboxylic acids is 1. The molecule has 18 heavy (non-hydrogen) atoms. The third kappa shape index (κ3) is 1.91. The zero-order valence-electron chi connectivity index (χ0n) is 9.04. The summed E-state index contributed by atoms with van der Waals surface area (Å²) in [4.78, 5) is 12.9. The molecule has 1 aromatic carbocycles. The minimum atomic E-state index is -0.460. The van der Waals surface area contributed by atoms with Crippen molar-refractivity contribution in [3.05, 3.63) is 44.8 Å². The summed E-state index contributed by atoms with van der Waals surface area (Å²) < 4.78 is 13.8. The van der Waals surface area contributed by atoms with E-state index in [0.29, 0.717) is 15.8 Å². The summed E-state index contributed by atoms with van der Waals surface area (Å²) in [7, 11) is 0. The Balaban J connectivity index is 2.01. The van der Waals surface area contributed by atoms with Gasteiger partial charge >= 0.3 is 0 Å². The zero-order valence-corrected chi connectivity index (χ0v) is 11.4. The molecule has 3 rings (SSSR count). The number of hydrogen-bond donors (Lipinski definition) is 2. The SMILES string of the molecule is O=C1Nc2cc(Br)c(F)cc2NC1c1cccs1. The minimum Gasteiger partial charge on any atom is -0.368 e. The van der Waals surface area contributed by atoms with Crippen molar-refractivity contribution in [3.8, 4) is 0 Å². The van der Waals surface area contributed by atoms with Crippen LogP contribution in [0.15, 0.2) is 34.1 Å². The molecule has 0 bridgehead atoms. The number of amides is 1. The van der Waals surface area contributed by atoms with Gasteiger partial charge in [-0.05, 0) is 33.4 Å². The van der Waals surface area contributed by atoms with Gasteiger partial charge in [-0.1, -0.05) is 6.07 Å². The summed E-state index contributed by atoms with van der Waals surface area (Å²) in [5, 5.41) is 7.73. The molecule has 0 saturated heterocycles. The number of thiophene rings is 1. The fourth-order valence-electron chi connectivity index (χ4n) is 1.85. The highest BCUT2D eigenvalue weighted by Crippen LogP contribution is 2.36. The molecule has 1 unspecified atom stereocenters. The van der Waals surface area contributed by atoms with Crippen LogP contribution in [0.5, 0.6) is 0 Å². The van der Waals surface area contributed by atoms with Crippen molar-refractivity contribution in [1.82, 2.24) is 0 Å². The molecule has 1 aromatic heterocycles. The Hall–Kier alpha value is -1.40. The van der Waals surface area contributed by atoms with E-state index in [9.17, 15) is 9.18 Å². The van der Waals surface area contributed by atoms with Crippen molar-refractivity contribution in [1.29, 1.82) is 0 Å². The number of halogens is 2. The van der Waals surface area contributed by atoms with E-state index in [4.69, 9.17) is 0 Å². The molecule has 0 aliphatic carbocycles. The van der Waals surface area contributed by atoms with Crippen LogP contribution in [0.1, 0.15) is 10.9 Å². The largest absolute Gasteiger partial charge is 0.368 e. The van der Waals surface area contributed by atoms with Crippen molar-refractivity contribution >= 4 is 44.5 Å². The Bertz CT molecular complexity index is 615. The Kier molecular flexibility index (Phi) is 2.83. The zero-order chi connectivity index (χ0) is 12.7. The number of rotatable bonds is 1. The first-order valence-corrected chi connectivity index (χ1v) is 6.92. The first-order valence-electron chi connectivity index (χ1n) is 5.25. The van der Waals surface area contributed by atoms with Crippen molar-refractivity contribution in [2.75, 3.05) is 10.6 Å². The second kappa shape index (κ2) is 4.37. The predicted octanol–water partition coefficient (Wildman–Crippen LogP) is 3.76. The fraction of sp³-hybridized carbons (Fsp3) is 0.0833. The van der Waals surface area contributed by atoms with Crippen LogP contribution < -0.4 is 10.6 Å². The molecule has 1 aliphatic heterocycles. The van der Waals surface area contributed by atoms with Crippen LogP contribution in [-0.4, -0.2) is 5.91 Å². The number of nitrogens with one attached hydrogen (secondary N) is 2. The molecule has 0 fully saturated rings. The Morgan fingerprint density at radius 2 is 2.17 bits per heavy atom. The van der Waals surface area contributed by atoms with Crippen molar-refractivity contribution in [2.24, 2.45) is 0 Å². The number of carbonyl (C=O) groups is 1. The van der Waals surface area contributed by atoms with Crippen molar-refractivity contribution in [3.63, 3.8) is 0 Å². The van der Waals surface area contributed by atoms with Crippen molar-refractivity contribution in [2.45, 2.75) is 6.04 Å². The summed E-state index contributed by atoms with van der Waals surface area (Å²) in [6, 6.07) is 6.23. The molecule has 1 aliphatic rings. The van der Waals surface area contributed by atoms with Crippen LogP contribution >= 0.6 is 27.3 Å². The second-order valence-electron chi connectivity index (χ2n) is 3.89. The molecule has 6 heteroatoms. The van der Waals surface area contributed by atoms with E-state index >= 15 is 0 Å². The third-order valence-electron chi connectivity index (χ3n) is 2.71. The Morgan fingerprint density at radius 1 is 1.33 bits per heavy atom. The lowest BCUT2D eigenvalue weighted by molar-refractivity contribution is -0.117. The molecular weight excluding hydrogens is 319 g/mol. The van der Waals surface area contributed by atoms with Gasteiger partial charge in [0.25, 0.3) is 5.91 Å². The van der Waals surface area contributed by atoms with Crippen molar-refractivity contribution < 1.29 is 9.18 Å². The van der Waals surface area contributed by atoms with E-state index in [-0.39, 0.29) is 11.7 Å². The van der Waals surface area contributed by atoms with E-state index in [0.717, 1.165) is 4.88 Å². The fourth-order valence-corrected chi connectivity index (χ4v) is 2.97. The van der Waals surface area contributed by atoms with Gasteiger partial charge in [0.2, 0.25) is 0 Å². The van der Waals surface area contributed by atoms with E-state index in [1.807, 2.05) is 17.5 Å². The Morgan fingerprint density at radius 3 is 2.89 bits per heavy atom. The predicted molar refractivity (Wildman–Crippen MR) is 73.4 cm³/mol. The van der Waals surface area contributed by atoms with Crippen LogP contribution in [-0.2, 0) is 4.79 Å². The summed E-state index contributed by atoms with van der Waals surface area (Å²) in [6.45, 7) is 0. The van der Waals surface area contributed by atoms with E-state index in [2.05, 4.69) is 26.6 Å². The molecule has 2 aromatic rings. The third-order valence-corrected chi connectivity index (χ3v) is 4.25. The van der Waals surface area contributed by atoms with E-state index < -0.39 is 6.04 Å². The monoisotopic (exact) mass is 326 g/mol. The standard InChI is InChI=1S/C12H8BrFN2OS/c13-6-4-8-9(5-7(6)14)15-11(12(17)16-8)10-2-1-3-18-10/h1-5,11,15H,(H,16,17). The van der Waals surface area contributed by atoms with E-state index in [1.54, 1.807) is 6.07 Å². The lowest BCUT2D eigenvalue weighted by atomic mass is 10.1. The normalized spacial score (nSPS) is 17.9. The highest BCUT2D eigenvalue weighted by molar-refractivity contribution is 9.10. The van der Waals surface area contributed by atoms with Gasteiger partial charge in [-0.15, -0.1) is 11.3 Å². The summed E-state index contributed by atoms with van der Waals surface area (Å²) in [5.74, 6) is -0.495. The topological polar surface area (TPSA) is 41.1 Å². The van der Waals surface area contributed by atoms with Gasteiger partial charge in [-0.3, -0.25) is 4.79 Å². The van der Waals surface area contributed by atoms with Gasteiger partial charge in [-0.25, -0.2) is 4.39 Å². The molecule has 2 heterocycles. The highest BCUT2D eigenvalue weighted by atomic mass is 79.9. The minimum absolute atomic E-state index is 0.136. The van der Waals surface area contributed by atoms with Gasteiger partial charge in [0, 0.05) is 10.9 Å². The van der Waals surface area contributed by atoms with Crippen LogP contribution in [0, 0.1) is 5.82 Å². The summed E-state index contributed by atoms with van der Waals surface area (Å²) >= 11 is 4.58. The quantitative estimate of drug-likeness (QED) is 0.837. The second-order valence-corrected chi connectivity index (χ2v) is 5.73. The lowest BCUT2D eigenvalue weighted by Crippen LogP contribution is -2.31. The summed E-state index contributed by atoms with van der Waals surface area (Å²) in [6.07, 6.45) is 0. The molecule has 2 N–H and O–H groups in total. The molecule has 92 valence electrons. The molecule has 0 radical (unpaired) electrons. The Labute approximate surface area is 115 Å². The molecule has 1 atom stereocenters. The van der Waals surface area contributed by atoms with Gasteiger partial charge < -0.3 is 10.6 Å². The van der Waals surface area contributed by atoms with Crippen LogP contribution in [0.2, 0.25) is 0 Å². The van der Waals surface area contributed by atoms with Crippen LogP contribution in [0.4, 0.5) is 15.8 Å². The molecule has 0 saturated carbocycles. The van der Waals surface area contributed by atoms with Gasteiger partial charge in [0.05, 0.1) is 15.8 Å². The maximum Gasteiger partial charge on any atom is 0.252 e. The van der Waals surface area contributed by atoms with Gasteiger partial charge in [0.1, 0.15) is 11.9 Å². The van der Waals surface area contributed by atoms with Crippen LogP contribution in [0.25, 0.3) is 0 Å². The number of hydrogen-bond acceptors (Lipinski definition) is 3. The van der Waals surface area contributed by atoms with Gasteiger partial charge in [-0.2, -0.15) is 0 Å². The lowest BCUT2D eigenvalue weighted by Gasteiger charge is -2.26. The van der Waals surface area contributed by atoms with Gasteiger partial charge in [0.15, 0.2) is 0 Å². The highest BCUT2D eigenvalue weighted by Gasteiger charge is 2.28. The maximum absolute atomic E-state index is 13.5. The van der Waals surface area contributed by atoms with E-state index in [1.165, 1.54) is 17.4 Å². The smallest absolute Gasteiger partial charge is 0.252 e. The first-order chi connectivity index (χ1) is 8.65. The molecule has 0 spiro atoms. The number of benzene rings is 1. The molecular formula is C12H8BrFN2OS. The number of anilines is 2. The van der Waals surface area contributed by atoms with Crippen LogP contribution in [0.3, 0.4) is 0 Å². The number of fused-ring (bicyclic) bond motifs is 1. The first kappa shape index (κ1) is 11.7. The molecule has 1 amide bonds.